The normalized spacial score (nSPS) is 24.2. The van der Waals surface area contributed by atoms with Crippen molar-refractivity contribution in [3.63, 3.8) is 0 Å². The molecule has 1 aromatic heterocycles. The summed E-state index contributed by atoms with van der Waals surface area (Å²) >= 11 is 12.9. The molecule has 2 heterocycles. The number of benzene rings is 1. The molecule has 2 aliphatic carbocycles. The van der Waals surface area contributed by atoms with Crippen LogP contribution in [0.15, 0.2) is 22.7 Å². The van der Waals surface area contributed by atoms with Crippen molar-refractivity contribution >= 4 is 23.2 Å². The van der Waals surface area contributed by atoms with E-state index in [1.807, 2.05) is 18.2 Å². The predicted octanol–water partition coefficient (Wildman–Crippen LogP) is 5.18. The van der Waals surface area contributed by atoms with Crippen LogP contribution in [0.2, 0.25) is 10.0 Å². The molecule has 1 atom stereocenters. The Labute approximate surface area is 163 Å². The summed E-state index contributed by atoms with van der Waals surface area (Å²) in [5.41, 5.74) is 2.85. The number of rotatable bonds is 5. The molecule has 6 heteroatoms. The highest BCUT2D eigenvalue weighted by Crippen LogP contribution is 2.52. The summed E-state index contributed by atoms with van der Waals surface area (Å²) in [6.07, 6.45) is 6.18. The number of aromatic nitrogens is 1. The molecule has 1 saturated heterocycles. The van der Waals surface area contributed by atoms with E-state index in [2.05, 4.69) is 10.5 Å². The fourth-order valence-electron chi connectivity index (χ4n) is 4.14. The minimum absolute atomic E-state index is 0.306. The number of piperidine rings is 1. The van der Waals surface area contributed by atoms with E-state index in [9.17, 15) is 0 Å². The highest BCUT2D eigenvalue weighted by atomic mass is 35.5. The summed E-state index contributed by atoms with van der Waals surface area (Å²) in [6, 6.07) is 5.52. The first-order valence-electron chi connectivity index (χ1n) is 9.43. The summed E-state index contributed by atoms with van der Waals surface area (Å²) in [5, 5.41) is 9.04. The lowest BCUT2D eigenvalue weighted by molar-refractivity contribution is -0.0261. The molecule has 1 N–H and O–H groups in total. The van der Waals surface area contributed by atoms with Crippen molar-refractivity contribution in [3.8, 4) is 11.3 Å². The highest BCUT2D eigenvalue weighted by Gasteiger charge is 2.51. The Morgan fingerprint density at radius 1 is 1.19 bits per heavy atom. The maximum absolute atomic E-state index is 6.44. The van der Waals surface area contributed by atoms with Crippen LogP contribution < -0.4 is 5.32 Å². The molecule has 5 rings (SSSR count). The van der Waals surface area contributed by atoms with Gasteiger partial charge in [0.2, 0.25) is 0 Å². The lowest BCUT2D eigenvalue weighted by atomic mass is 9.92. The maximum atomic E-state index is 6.44. The van der Waals surface area contributed by atoms with Gasteiger partial charge in [-0.15, -0.1) is 0 Å². The van der Waals surface area contributed by atoms with E-state index in [4.69, 9.17) is 32.5 Å². The van der Waals surface area contributed by atoms with Gasteiger partial charge in [-0.3, -0.25) is 0 Å². The van der Waals surface area contributed by atoms with Crippen molar-refractivity contribution in [1.29, 1.82) is 0 Å². The zero-order valence-corrected chi connectivity index (χ0v) is 16.1. The summed E-state index contributed by atoms with van der Waals surface area (Å²) in [7, 11) is 0. The van der Waals surface area contributed by atoms with Gasteiger partial charge in [-0.1, -0.05) is 34.4 Å². The average molecular weight is 393 g/mol. The first kappa shape index (κ1) is 17.1. The third-order valence-corrected chi connectivity index (χ3v) is 6.66. The predicted molar refractivity (Wildman–Crippen MR) is 102 cm³/mol. The largest absolute Gasteiger partial charge is 0.373 e. The Morgan fingerprint density at radius 3 is 2.65 bits per heavy atom. The van der Waals surface area contributed by atoms with Gasteiger partial charge >= 0.3 is 0 Å². The third-order valence-electron chi connectivity index (χ3n) is 6.03. The van der Waals surface area contributed by atoms with Crippen molar-refractivity contribution in [1.82, 2.24) is 10.5 Å². The Bertz CT molecular complexity index is 807. The highest BCUT2D eigenvalue weighted by molar-refractivity contribution is 6.39. The Morgan fingerprint density at radius 2 is 1.96 bits per heavy atom. The van der Waals surface area contributed by atoms with Gasteiger partial charge in [0.05, 0.1) is 22.8 Å². The lowest BCUT2D eigenvalue weighted by Crippen LogP contribution is -2.42. The van der Waals surface area contributed by atoms with Gasteiger partial charge in [0.15, 0.2) is 0 Å². The number of ether oxygens (including phenoxy) is 1. The van der Waals surface area contributed by atoms with E-state index in [1.54, 1.807) is 0 Å². The van der Waals surface area contributed by atoms with Gasteiger partial charge in [0.1, 0.15) is 11.5 Å². The molecular weight excluding hydrogens is 371 g/mol. The molecule has 4 nitrogen and oxygen atoms in total. The summed E-state index contributed by atoms with van der Waals surface area (Å²) in [5.74, 6) is 1.41. The number of hydrogen-bond donors (Lipinski definition) is 1. The van der Waals surface area contributed by atoms with Crippen LogP contribution in [0, 0.1) is 5.41 Å². The molecule has 0 amide bonds. The maximum Gasteiger partial charge on any atom is 0.145 e. The Kier molecular flexibility index (Phi) is 4.28. The molecule has 1 aromatic carbocycles. The number of nitrogens with zero attached hydrogens (tertiary/aromatic N) is 1. The topological polar surface area (TPSA) is 47.3 Å². The van der Waals surface area contributed by atoms with Gasteiger partial charge in [-0.25, -0.2) is 0 Å². The molecule has 138 valence electrons. The second kappa shape index (κ2) is 6.52. The molecule has 0 radical (unpaired) electrons. The van der Waals surface area contributed by atoms with Crippen LogP contribution in [0.4, 0.5) is 0 Å². The second-order valence-electron chi connectivity index (χ2n) is 7.87. The van der Waals surface area contributed by atoms with Crippen molar-refractivity contribution in [2.45, 2.75) is 50.7 Å². The van der Waals surface area contributed by atoms with Crippen LogP contribution in [0.1, 0.15) is 49.3 Å². The van der Waals surface area contributed by atoms with Crippen molar-refractivity contribution in [2.24, 2.45) is 5.41 Å². The smallest absolute Gasteiger partial charge is 0.145 e. The molecule has 3 aliphatic rings. The molecule has 3 fully saturated rings. The zero-order chi connectivity index (χ0) is 17.7. The number of hydrogen-bond acceptors (Lipinski definition) is 4. The molecule has 1 unspecified atom stereocenters. The summed E-state index contributed by atoms with van der Waals surface area (Å²) in [4.78, 5) is 0. The van der Waals surface area contributed by atoms with Gasteiger partial charge in [0.25, 0.3) is 0 Å². The molecule has 0 bridgehead atoms. The fraction of sp³-hybridized carbons (Fsp3) is 0.550. The number of nitrogens with one attached hydrogen (secondary N) is 1. The standard InChI is InChI=1S/C20H22Cl2N2O2/c21-14-2-1-3-15(22)17(14)18-13(19(26-24-18)12-4-5-12)10-25-16-6-9-23-11-20(16)7-8-20/h1-3,12,16,23H,4-11H2. The van der Waals surface area contributed by atoms with Gasteiger partial charge < -0.3 is 14.6 Å². The average Bonchev–Trinajstić information content (AvgIpc) is 3.56. The van der Waals surface area contributed by atoms with E-state index in [-0.39, 0.29) is 0 Å². The third kappa shape index (κ3) is 2.97. The van der Waals surface area contributed by atoms with E-state index < -0.39 is 0 Å². The van der Waals surface area contributed by atoms with E-state index in [0.29, 0.717) is 34.1 Å². The van der Waals surface area contributed by atoms with Crippen molar-refractivity contribution in [3.05, 3.63) is 39.6 Å². The van der Waals surface area contributed by atoms with Crippen LogP contribution in [0.5, 0.6) is 0 Å². The second-order valence-corrected chi connectivity index (χ2v) is 8.69. The van der Waals surface area contributed by atoms with Gasteiger partial charge in [-0.2, -0.15) is 0 Å². The van der Waals surface area contributed by atoms with E-state index >= 15 is 0 Å². The van der Waals surface area contributed by atoms with Gasteiger partial charge in [-0.05, 0) is 50.8 Å². The van der Waals surface area contributed by atoms with Crippen LogP contribution in [0.3, 0.4) is 0 Å². The van der Waals surface area contributed by atoms with E-state index in [1.165, 1.54) is 12.8 Å². The Hall–Kier alpha value is -1.07. The molecule has 1 aliphatic heterocycles. The molecule has 26 heavy (non-hydrogen) atoms. The minimum atomic E-state index is 0.306. The van der Waals surface area contributed by atoms with Crippen LogP contribution in [-0.4, -0.2) is 24.4 Å². The first-order chi connectivity index (χ1) is 12.7. The summed E-state index contributed by atoms with van der Waals surface area (Å²) in [6.45, 7) is 2.60. The van der Waals surface area contributed by atoms with Crippen LogP contribution >= 0.6 is 23.2 Å². The number of halogens is 2. The summed E-state index contributed by atoms with van der Waals surface area (Å²) < 4.78 is 12.2. The Balaban J connectivity index is 1.46. The quantitative estimate of drug-likeness (QED) is 0.760. The molecule has 2 saturated carbocycles. The fourth-order valence-corrected chi connectivity index (χ4v) is 4.72. The van der Waals surface area contributed by atoms with Crippen LogP contribution in [0.25, 0.3) is 11.3 Å². The molecular formula is C20H22Cl2N2O2. The molecule has 2 aromatic rings. The van der Waals surface area contributed by atoms with E-state index in [0.717, 1.165) is 54.9 Å². The zero-order valence-electron chi connectivity index (χ0n) is 14.6. The van der Waals surface area contributed by atoms with Gasteiger partial charge in [0, 0.05) is 29.0 Å². The SMILES string of the molecule is Clc1cccc(Cl)c1-c1noc(C2CC2)c1COC1CCNCC12CC2. The van der Waals surface area contributed by atoms with Crippen molar-refractivity contribution in [2.75, 3.05) is 13.1 Å². The monoisotopic (exact) mass is 392 g/mol. The minimum Gasteiger partial charge on any atom is -0.373 e. The lowest BCUT2D eigenvalue weighted by Gasteiger charge is -2.32. The van der Waals surface area contributed by atoms with Crippen LogP contribution in [-0.2, 0) is 11.3 Å². The van der Waals surface area contributed by atoms with Crippen molar-refractivity contribution < 1.29 is 9.26 Å². The molecule has 1 spiro atoms. The first-order valence-corrected chi connectivity index (χ1v) is 10.2.